The quantitative estimate of drug-likeness (QED) is 0.900. The van der Waals surface area contributed by atoms with Crippen LogP contribution in [0, 0.1) is 0 Å². The number of nitrogens with two attached hydrogens (primary N) is 1. The summed E-state index contributed by atoms with van der Waals surface area (Å²) in [5.41, 5.74) is 9.40. The Kier molecular flexibility index (Phi) is 3.23. The van der Waals surface area contributed by atoms with Crippen molar-refractivity contribution in [1.29, 1.82) is 0 Å². The normalized spacial score (nSPS) is 19.5. The van der Waals surface area contributed by atoms with Crippen LogP contribution in [0.2, 0.25) is 0 Å². The predicted octanol–water partition coefficient (Wildman–Crippen LogP) is 1.69. The molecule has 1 saturated heterocycles. The fourth-order valence-corrected chi connectivity index (χ4v) is 2.87. The fourth-order valence-electron chi connectivity index (χ4n) is 2.87. The van der Waals surface area contributed by atoms with Gasteiger partial charge in [0.25, 0.3) is 0 Å². The average Bonchev–Trinajstić information content (AvgIpc) is 3.16. The second-order valence-electron chi connectivity index (χ2n) is 5.75. The molecule has 2 aliphatic heterocycles. The monoisotopic (exact) mass is 294 g/mol. The third-order valence-electron chi connectivity index (χ3n) is 4.06. The van der Waals surface area contributed by atoms with Gasteiger partial charge in [0, 0.05) is 37.2 Å². The Morgan fingerprint density at radius 1 is 1.27 bits per heavy atom. The van der Waals surface area contributed by atoms with Gasteiger partial charge in [-0.25, -0.2) is 4.98 Å². The lowest BCUT2D eigenvalue weighted by molar-refractivity contribution is 0.750. The van der Waals surface area contributed by atoms with E-state index in [2.05, 4.69) is 43.4 Å². The lowest BCUT2D eigenvalue weighted by Gasteiger charge is -2.16. The van der Waals surface area contributed by atoms with E-state index in [1.165, 1.54) is 11.1 Å². The molecular weight excluding hydrogens is 276 g/mol. The van der Waals surface area contributed by atoms with Crippen LogP contribution in [-0.2, 0) is 6.54 Å². The topological polar surface area (TPSA) is 79.4 Å². The molecule has 0 bridgehead atoms. The van der Waals surface area contributed by atoms with Gasteiger partial charge in [0.05, 0.1) is 6.54 Å². The van der Waals surface area contributed by atoms with Crippen LogP contribution >= 0.6 is 0 Å². The number of hydrogen-bond donors (Lipinski definition) is 2. The molecule has 4 rings (SSSR count). The molecule has 0 radical (unpaired) electrons. The Labute approximate surface area is 129 Å². The van der Waals surface area contributed by atoms with Gasteiger partial charge in [-0.1, -0.05) is 6.07 Å². The van der Waals surface area contributed by atoms with Gasteiger partial charge < -0.3 is 16.0 Å². The van der Waals surface area contributed by atoms with E-state index in [9.17, 15) is 0 Å². The Hall–Kier alpha value is -2.47. The molecule has 0 unspecified atom stereocenters. The molecule has 1 aromatic carbocycles. The molecule has 2 aliphatic rings. The van der Waals surface area contributed by atoms with Crippen LogP contribution in [0.4, 0.5) is 17.5 Å². The summed E-state index contributed by atoms with van der Waals surface area (Å²) in [6, 6.07) is 8.35. The zero-order valence-corrected chi connectivity index (χ0v) is 12.2. The summed E-state index contributed by atoms with van der Waals surface area (Å²) in [6.45, 7) is 2.52. The SMILES string of the molecule is N[C@@H]1CCN(c2nccc(Nc3ccc4c(c3)C=NC4)n2)C1. The van der Waals surface area contributed by atoms with Gasteiger partial charge in [0.1, 0.15) is 5.82 Å². The van der Waals surface area contributed by atoms with Crippen molar-refractivity contribution in [3.8, 4) is 0 Å². The maximum absolute atomic E-state index is 5.95. The number of hydrogen-bond acceptors (Lipinski definition) is 6. The third kappa shape index (κ3) is 2.53. The van der Waals surface area contributed by atoms with E-state index in [0.29, 0.717) is 0 Å². The van der Waals surface area contributed by atoms with Crippen LogP contribution in [-0.4, -0.2) is 35.3 Å². The fraction of sp³-hybridized carbons (Fsp3) is 0.312. The van der Waals surface area contributed by atoms with E-state index in [-0.39, 0.29) is 6.04 Å². The van der Waals surface area contributed by atoms with Crippen LogP contribution < -0.4 is 16.0 Å². The number of benzene rings is 1. The zero-order chi connectivity index (χ0) is 14.9. The van der Waals surface area contributed by atoms with Gasteiger partial charge in [-0.3, -0.25) is 4.99 Å². The number of fused-ring (bicyclic) bond motifs is 1. The maximum atomic E-state index is 5.95. The first kappa shape index (κ1) is 13.2. The highest BCUT2D eigenvalue weighted by Gasteiger charge is 2.21. The molecule has 0 amide bonds. The summed E-state index contributed by atoms with van der Waals surface area (Å²) in [5, 5.41) is 3.34. The molecule has 6 heteroatoms. The molecule has 112 valence electrons. The third-order valence-corrected chi connectivity index (χ3v) is 4.06. The van der Waals surface area contributed by atoms with Crippen molar-refractivity contribution in [2.75, 3.05) is 23.3 Å². The van der Waals surface area contributed by atoms with Crippen molar-refractivity contribution in [1.82, 2.24) is 9.97 Å². The van der Waals surface area contributed by atoms with Gasteiger partial charge >= 0.3 is 0 Å². The van der Waals surface area contributed by atoms with Crippen LogP contribution in [0.3, 0.4) is 0 Å². The molecule has 3 heterocycles. The van der Waals surface area contributed by atoms with E-state index in [4.69, 9.17) is 5.73 Å². The first-order valence-corrected chi connectivity index (χ1v) is 7.51. The molecule has 3 N–H and O–H groups in total. The first-order chi connectivity index (χ1) is 10.8. The van der Waals surface area contributed by atoms with Gasteiger partial charge in [-0.05, 0) is 35.7 Å². The number of aliphatic imine (C=N–C) groups is 1. The van der Waals surface area contributed by atoms with Crippen molar-refractivity contribution < 1.29 is 0 Å². The minimum atomic E-state index is 0.219. The van der Waals surface area contributed by atoms with Gasteiger partial charge in [-0.2, -0.15) is 4.98 Å². The minimum absolute atomic E-state index is 0.219. The molecule has 2 aromatic rings. The van der Waals surface area contributed by atoms with Crippen molar-refractivity contribution in [3.05, 3.63) is 41.6 Å². The van der Waals surface area contributed by atoms with Crippen LogP contribution in [0.1, 0.15) is 17.5 Å². The second kappa shape index (κ2) is 5.38. The molecule has 1 fully saturated rings. The van der Waals surface area contributed by atoms with E-state index in [1.807, 2.05) is 12.3 Å². The molecular formula is C16H18N6. The number of rotatable bonds is 3. The molecule has 22 heavy (non-hydrogen) atoms. The highest BCUT2D eigenvalue weighted by molar-refractivity contribution is 5.86. The van der Waals surface area contributed by atoms with Crippen molar-refractivity contribution in [2.24, 2.45) is 10.7 Å². The van der Waals surface area contributed by atoms with Crippen molar-refractivity contribution in [3.63, 3.8) is 0 Å². The van der Waals surface area contributed by atoms with Crippen molar-refractivity contribution >= 4 is 23.7 Å². The summed E-state index contributed by atoms with van der Waals surface area (Å²) >= 11 is 0. The summed E-state index contributed by atoms with van der Waals surface area (Å²) in [5.74, 6) is 1.53. The van der Waals surface area contributed by atoms with E-state index < -0.39 is 0 Å². The van der Waals surface area contributed by atoms with E-state index in [0.717, 1.165) is 43.5 Å². The van der Waals surface area contributed by atoms with Gasteiger partial charge in [0.15, 0.2) is 0 Å². The Morgan fingerprint density at radius 2 is 2.23 bits per heavy atom. The molecule has 1 aromatic heterocycles. The lowest BCUT2D eigenvalue weighted by atomic mass is 10.1. The maximum Gasteiger partial charge on any atom is 0.227 e. The molecule has 0 spiro atoms. The molecule has 0 aliphatic carbocycles. The van der Waals surface area contributed by atoms with Crippen molar-refractivity contribution in [2.45, 2.75) is 19.0 Å². The van der Waals surface area contributed by atoms with Crippen LogP contribution in [0.25, 0.3) is 0 Å². The van der Waals surface area contributed by atoms with Gasteiger partial charge in [0.2, 0.25) is 5.95 Å². The minimum Gasteiger partial charge on any atom is -0.340 e. The average molecular weight is 294 g/mol. The predicted molar refractivity (Wildman–Crippen MR) is 87.9 cm³/mol. The standard InChI is InChI=1S/C16H18N6/c17-13-4-6-22(10-13)16-19-5-3-15(21-16)20-14-2-1-11-8-18-9-12(11)7-14/h1-3,5,7,9,13H,4,6,8,10,17H2,(H,19,20,21)/t13-/m1/s1. The summed E-state index contributed by atoms with van der Waals surface area (Å²) < 4.78 is 0. The van der Waals surface area contributed by atoms with Crippen LogP contribution in [0.15, 0.2) is 35.5 Å². The molecule has 0 saturated carbocycles. The largest absolute Gasteiger partial charge is 0.340 e. The Bertz CT molecular complexity index is 726. The number of aromatic nitrogens is 2. The first-order valence-electron chi connectivity index (χ1n) is 7.51. The summed E-state index contributed by atoms with van der Waals surface area (Å²) in [7, 11) is 0. The lowest BCUT2D eigenvalue weighted by Crippen LogP contribution is -2.27. The van der Waals surface area contributed by atoms with Gasteiger partial charge in [-0.15, -0.1) is 0 Å². The summed E-state index contributed by atoms with van der Waals surface area (Å²) in [6.07, 6.45) is 4.69. The van der Waals surface area contributed by atoms with E-state index >= 15 is 0 Å². The number of anilines is 3. The highest BCUT2D eigenvalue weighted by Crippen LogP contribution is 2.23. The van der Waals surface area contributed by atoms with Crippen LogP contribution in [0.5, 0.6) is 0 Å². The van der Waals surface area contributed by atoms with E-state index in [1.54, 1.807) is 6.20 Å². The Morgan fingerprint density at radius 3 is 3.09 bits per heavy atom. The number of nitrogens with zero attached hydrogens (tertiary/aromatic N) is 4. The Balaban J connectivity index is 1.54. The number of nitrogens with one attached hydrogen (secondary N) is 1. The second-order valence-corrected chi connectivity index (χ2v) is 5.75. The highest BCUT2D eigenvalue weighted by atomic mass is 15.3. The summed E-state index contributed by atoms with van der Waals surface area (Å²) in [4.78, 5) is 15.4. The molecule has 1 atom stereocenters. The smallest absolute Gasteiger partial charge is 0.227 e. The zero-order valence-electron chi connectivity index (χ0n) is 12.2. The molecule has 6 nitrogen and oxygen atoms in total.